The standard InChI is InChI=1S/C7H12ClN3S/c1-5(9-2)3-10-7-11-6(8)4-12-7/h4-5,9H,3H2,1-2H3,(H,10,11). The molecule has 1 aromatic rings. The predicted octanol–water partition coefficient (Wildman–Crippen LogP) is 1.82. The van der Waals surface area contributed by atoms with Gasteiger partial charge in [-0.2, -0.15) is 0 Å². The second-order valence-electron chi connectivity index (χ2n) is 2.55. The summed E-state index contributed by atoms with van der Waals surface area (Å²) in [7, 11) is 1.93. The zero-order chi connectivity index (χ0) is 8.97. The zero-order valence-corrected chi connectivity index (χ0v) is 8.67. The molecule has 0 aliphatic carbocycles. The first-order chi connectivity index (χ1) is 5.72. The lowest BCUT2D eigenvalue weighted by molar-refractivity contribution is 0.638. The summed E-state index contributed by atoms with van der Waals surface area (Å²) in [6, 6.07) is 0.438. The fourth-order valence-corrected chi connectivity index (χ4v) is 1.53. The SMILES string of the molecule is CNC(C)CNc1nc(Cl)cs1. The molecule has 0 spiro atoms. The Hall–Kier alpha value is -0.320. The van der Waals surface area contributed by atoms with Crippen LogP contribution in [-0.4, -0.2) is 24.6 Å². The Morgan fingerprint density at radius 3 is 3.00 bits per heavy atom. The summed E-state index contributed by atoms with van der Waals surface area (Å²) in [6.07, 6.45) is 0. The molecule has 5 heteroatoms. The molecule has 0 amide bonds. The maximum atomic E-state index is 5.65. The van der Waals surface area contributed by atoms with Crippen LogP contribution in [0, 0.1) is 0 Å². The smallest absolute Gasteiger partial charge is 0.184 e. The van der Waals surface area contributed by atoms with Crippen LogP contribution in [0.5, 0.6) is 0 Å². The van der Waals surface area contributed by atoms with Crippen molar-refractivity contribution >= 4 is 28.1 Å². The monoisotopic (exact) mass is 205 g/mol. The maximum Gasteiger partial charge on any atom is 0.184 e. The van der Waals surface area contributed by atoms with E-state index >= 15 is 0 Å². The van der Waals surface area contributed by atoms with Gasteiger partial charge >= 0.3 is 0 Å². The van der Waals surface area contributed by atoms with Crippen molar-refractivity contribution in [1.82, 2.24) is 10.3 Å². The van der Waals surface area contributed by atoms with Crippen molar-refractivity contribution in [3.63, 3.8) is 0 Å². The number of halogens is 1. The van der Waals surface area contributed by atoms with Crippen molar-refractivity contribution < 1.29 is 0 Å². The van der Waals surface area contributed by atoms with E-state index in [9.17, 15) is 0 Å². The van der Waals surface area contributed by atoms with E-state index in [0.29, 0.717) is 11.2 Å². The first-order valence-electron chi connectivity index (χ1n) is 3.74. The molecule has 2 N–H and O–H groups in total. The summed E-state index contributed by atoms with van der Waals surface area (Å²) in [5.74, 6) is 0. The van der Waals surface area contributed by atoms with Gasteiger partial charge in [0.15, 0.2) is 5.13 Å². The lowest BCUT2D eigenvalue weighted by Gasteiger charge is -2.09. The fourth-order valence-electron chi connectivity index (χ4n) is 0.678. The van der Waals surface area contributed by atoms with E-state index < -0.39 is 0 Å². The average Bonchev–Trinajstić information content (AvgIpc) is 2.47. The molecule has 0 saturated heterocycles. The van der Waals surface area contributed by atoms with E-state index in [2.05, 4.69) is 22.5 Å². The molecule has 3 nitrogen and oxygen atoms in total. The van der Waals surface area contributed by atoms with Crippen LogP contribution in [0.1, 0.15) is 6.92 Å². The Bertz CT molecular complexity index is 238. The van der Waals surface area contributed by atoms with Crippen LogP contribution in [0.3, 0.4) is 0 Å². The molecule has 1 atom stereocenters. The molecule has 1 unspecified atom stereocenters. The average molecular weight is 206 g/mol. The Balaban J connectivity index is 2.33. The second kappa shape index (κ2) is 4.64. The van der Waals surface area contributed by atoms with Gasteiger partial charge in [-0.3, -0.25) is 0 Å². The van der Waals surface area contributed by atoms with E-state index in [-0.39, 0.29) is 0 Å². The zero-order valence-electron chi connectivity index (χ0n) is 7.10. The van der Waals surface area contributed by atoms with Gasteiger partial charge in [0.1, 0.15) is 5.15 Å². The van der Waals surface area contributed by atoms with E-state index in [4.69, 9.17) is 11.6 Å². The summed E-state index contributed by atoms with van der Waals surface area (Å²) in [5, 5.41) is 9.55. The molecule has 0 saturated carbocycles. The molecule has 68 valence electrons. The highest BCUT2D eigenvalue weighted by atomic mass is 35.5. The minimum absolute atomic E-state index is 0.438. The fraction of sp³-hybridized carbons (Fsp3) is 0.571. The minimum atomic E-state index is 0.438. The third-order valence-electron chi connectivity index (χ3n) is 1.53. The first kappa shape index (κ1) is 9.77. The first-order valence-corrected chi connectivity index (χ1v) is 5.00. The summed E-state index contributed by atoms with van der Waals surface area (Å²) in [6.45, 7) is 2.96. The van der Waals surface area contributed by atoms with Gasteiger partial charge in [-0.25, -0.2) is 4.98 Å². The number of likely N-dealkylation sites (N-methyl/N-ethyl adjacent to an activating group) is 1. The predicted molar refractivity (Wildman–Crippen MR) is 54.1 cm³/mol. The summed E-state index contributed by atoms with van der Waals surface area (Å²) in [5.41, 5.74) is 0. The van der Waals surface area contributed by atoms with Crippen LogP contribution >= 0.6 is 22.9 Å². The molecular weight excluding hydrogens is 194 g/mol. The normalized spacial score (nSPS) is 12.9. The molecule has 1 heterocycles. The molecule has 12 heavy (non-hydrogen) atoms. The summed E-state index contributed by atoms with van der Waals surface area (Å²) < 4.78 is 0. The minimum Gasteiger partial charge on any atom is -0.360 e. The van der Waals surface area contributed by atoms with Crippen LogP contribution in [0.15, 0.2) is 5.38 Å². The highest BCUT2D eigenvalue weighted by Gasteiger charge is 2.00. The van der Waals surface area contributed by atoms with Crippen molar-refractivity contribution in [2.45, 2.75) is 13.0 Å². The Morgan fingerprint density at radius 1 is 1.75 bits per heavy atom. The van der Waals surface area contributed by atoms with Gasteiger partial charge in [0.25, 0.3) is 0 Å². The molecule has 0 fully saturated rings. The van der Waals surface area contributed by atoms with Crippen molar-refractivity contribution in [1.29, 1.82) is 0 Å². The lowest BCUT2D eigenvalue weighted by atomic mass is 10.3. The Labute approximate surface area is 81.2 Å². The molecule has 1 aromatic heterocycles. The van der Waals surface area contributed by atoms with Crippen molar-refractivity contribution in [3.05, 3.63) is 10.5 Å². The number of hydrogen-bond acceptors (Lipinski definition) is 4. The van der Waals surface area contributed by atoms with Gasteiger partial charge in [0, 0.05) is 18.0 Å². The number of aromatic nitrogens is 1. The van der Waals surface area contributed by atoms with Crippen LogP contribution in [0.2, 0.25) is 5.15 Å². The quantitative estimate of drug-likeness (QED) is 0.788. The highest BCUT2D eigenvalue weighted by molar-refractivity contribution is 7.14. The van der Waals surface area contributed by atoms with Crippen LogP contribution in [0.4, 0.5) is 5.13 Å². The highest BCUT2D eigenvalue weighted by Crippen LogP contribution is 2.18. The molecular formula is C7H12ClN3S. The topological polar surface area (TPSA) is 37.0 Å². The van der Waals surface area contributed by atoms with Gasteiger partial charge < -0.3 is 10.6 Å². The number of nitrogens with one attached hydrogen (secondary N) is 2. The van der Waals surface area contributed by atoms with Crippen LogP contribution in [0.25, 0.3) is 0 Å². The maximum absolute atomic E-state index is 5.65. The molecule has 0 radical (unpaired) electrons. The summed E-state index contributed by atoms with van der Waals surface area (Å²) in [4.78, 5) is 4.06. The van der Waals surface area contributed by atoms with E-state index in [1.165, 1.54) is 11.3 Å². The second-order valence-corrected chi connectivity index (χ2v) is 3.79. The van der Waals surface area contributed by atoms with Gasteiger partial charge in [-0.05, 0) is 14.0 Å². The van der Waals surface area contributed by atoms with Crippen molar-refractivity contribution in [2.24, 2.45) is 0 Å². The number of anilines is 1. The number of hydrogen-bond donors (Lipinski definition) is 2. The Kier molecular flexibility index (Phi) is 3.78. The van der Waals surface area contributed by atoms with Crippen molar-refractivity contribution in [3.8, 4) is 0 Å². The van der Waals surface area contributed by atoms with E-state index in [1.807, 2.05) is 12.4 Å². The molecule has 0 aromatic carbocycles. The third kappa shape index (κ3) is 2.97. The number of thiazole rings is 1. The van der Waals surface area contributed by atoms with Crippen LogP contribution in [-0.2, 0) is 0 Å². The third-order valence-corrected chi connectivity index (χ3v) is 2.65. The molecule has 0 bridgehead atoms. The summed E-state index contributed by atoms with van der Waals surface area (Å²) >= 11 is 7.17. The Morgan fingerprint density at radius 2 is 2.50 bits per heavy atom. The van der Waals surface area contributed by atoms with E-state index in [0.717, 1.165) is 11.7 Å². The number of nitrogens with zero attached hydrogens (tertiary/aromatic N) is 1. The van der Waals surface area contributed by atoms with E-state index in [1.54, 1.807) is 0 Å². The largest absolute Gasteiger partial charge is 0.360 e. The lowest BCUT2D eigenvalue weighted by Crippen LogP contribution is -2.29. The molecule has 0 aliphatic heterocycles. The van der Waals surface area contributed by atoms with Gasteiger partial charge in [-0.1, -0.05) is 11.6 Å². The van der Waals surface area contributed by atoms with Gasteiger partial charge in [0.2, 0.25) is 0 Å². The molecule has 1 rings (SSSR count). The van der Waals surface area contributed by atoms with Gasteiger partial charge in [-0.15, -0.1) is 11.3 Å². The van der Waals surface area contributed by atoms with Crippen molar-refractivity contribution in [2.75, 3.05) is 18.9 Å². The van der Waals surface area contributed by atoms with Crippen LogP contribution < -0.4 is 10.6 Å². The number of rotatable bonds is 4. The molecule has 0 aliphatic rings. The van der Waals surface area contributed by atoms with Gasteiger partial charge in [0.05, 0.1) is 0 Å².